The lowest BCUT2D eigenvalue weighted by Gasteiger charge is -2.65. The molecule has 2 heterocycles. The van der Waals surface area contributed by atoms with E-state index in [1.165, 1.54) is 38.5 Å². The van der Waals surface area contributed by atoms with Gasteiger partial charge in [0.2, 0.25) is 0 Å². The molecule has 2 aromatic rings. The van der Waals surface area contributed by atoms with E-state index in [4.69, 9.17) is 4.74 Å². The standard InChI is InChI=1S/C20H28N4O/c1-18-7-15-8-19(2,11-18)13-20(9-15,12-18)25-6-5-24-4-3-22-17(24)16-10-21-14-23-16/h3-4,10,14-15H,5-9,11-13H2,1-2H3,(H,21,23)/t15?,18-,19-,20?/m0/s1. The van der Waals surface area contributed by atoms with Crippen LogP contribution >= 0.6 is 0 Å². The number of nitrogens with one attached hydrogen (secondary N) is 1. The van der Waals surface area contributed by atoms with Crippen LogP contribution in [0.15, 0.2) is 24.9 Å². The Balaban J connectivity index is 1.29. The van der Waals surface area contributed by atoms with E-state index in [0.29, 0.717) is 10.8 Å². The molecule has 4 aliphatic rings. The molecule has 0 radical (unpaired) electrons. The fourth-order valence-electron chi connectivity index (χ4n) is 6.98. The van der Waals surface area contributed by atoms with Gasteiger partial charge in [-0.1, -0.05) is 13.8 Å². The molecule has 4 fully saturated rings. The molecule has 6 rings (SSSR count). The van der Waals surface area contributed by atoms with Gasteiger partial charge in [0.15, 0.2) is 5.82 Å². The van der Waals surface area contributed by atoms with E-state index in [0.717, 1.165) is 30.6 Å². The molecule has 4 saturated carbocycles. The van der Waals surface area contributed by atoms with Gasteiger partial charge in [-0.05, 0) is 55.3 Å². The van der Waals surface area contributed by atoms with Crippen LogP contribution in [0.3, 0.4) is 0 Å². The van der Waals surface area contributed by atoms with Crippen molar-refractivity contribution in [2.45, 2.75) is 64.5 Å². The van der Waals surface area contributed by atoms with Gasteiger partial charge in [0.1, 0.15) is 5.69 Å². The number of ether oxygens (including phenoxy) is 1. The van der Waals surface area contributed by atoms with Crippen molar-refractivity contribution in [3.8, 4) is 11.5 Å². The minimum atomic E-state index is 0.123. The van der Waals surface area contributed by atoms with E-state index in [1.807, 2.05) is 18.6 Å². The van der Waals surface area contributed by atoms with Crippen LogP contribution in [0.2, 0.25) is 0 Å². The van der Waals surface area contributed by atoms with Gasteiger partial charge in [0.25, 0.3) is 0 Å². The molecule has 4 aliphatic carbocycles. The van der Waals surface area contributed by atoms with Gasteiger partial charge in [-0.3, -0.25) is 0 Å². The summed E-state index contributed by atoms with van der Waals surface area (Å²) in [5.74, 6) is 1.81. The molecule has 0 amide bonds. The monoisotopic (exact) mass is 340 g/mol. The zero-order chi connectivity index (χ0) is 17.1. The lowest BCUT2D eigenvalue weighted by Crippen LogP contribution is -2.59. The first-order valence-electron chi connectivity index (χ1n) is 9.61. The number of nitrogens with zero attached hydrogens (tertiary/aromatic N) is 3. The van der Waals surface area contributed by atoms with E-state index in [-0.39, 0.29) is 5.60 Å². The molecule has 2 atom stereocenters. The number of aromatic amines is 1. The molecular weight excluding hydrogens is 312 g/mol. The normalized spacial score (nSPS) is 39.2. The van der Waals surface area contributed by atoms with Crippen LogP contribution in [0.4, 0.5) is 0 Å². The van der Waals surface area contributed by atoms with Gasteiger partial charge < -0.3 is 14.3 Å². The summed E-state index contributed by atoms with van der Waals surface area (Å²) in [6.07, 6.45) is 15.4. The number of hydrogen-bond acceptors (Lipinski definition) is 3. The molecule has 4 bridgehead atoms. The zero-order valence-electron chi connectivity index (χ0n) is 15.3. The van der Waals surface area contributed by atoms with Crippen molar-refractivity contribution in [3.63, 3.8) is 0 Å². The highest BCUT2D eigenvalue weighted by Crippen LogP contribution is 2.67. The summed E-state index contributed by atoms with van der Waals surface area (Å²) in [4.78, 5) is 11.7. The largest absolute Gasteiger partial charge is 0.373 e. The van der Waals surface area contributed by atoms with Crippen LogP contribution in [0.1, 0.15) is 52.4 Å². The van der Waals surface area contributed by atoms with Crippen molar-refractivity contribution in [1.82, 2.24) is 19.5 Å². The maximum absolute atomic E-state index is 6.64. The average Bonchev–Trinajstić information content (AvgIpc) is 3.12. The predicted molar refractivity (Wildman–Crippen MR) is 95.9 cm³/mol. The van der Waals surface area contributed by atoms with Gasteiger partial charge in [-0.25, -0.2) is 9.97 Å². The number of imidazole rings is 2. The van der Waals surface area contributed by atoms with Crippen molar-refractivity contribution < 1.29 is 4.74 Å². The van der Waals surface area contributed by atoms with Gasteiger partial charge in [0.05, 0.1) is 24.7 Å². The number of rotatable bonds is 5. The summed E-state index contributed by atoms with van der Waals surface area (Å²) >= 11 is 0. The molecule has 25 heavy (non-hydrogen) atoms. The van der Waals surface area contributed by atoms with Gasteiger partial charge in [0, 0.05) is 18.9 Å². The Morgan fingerprint density at radius 2 is 2.00 bits per heavy atom. The van der Waals surface area contributed by atoms with E-state index in [1.54, 1.807) is 6.33 Å². The summed E-state index contributed by atoms with van der Waals surface area (Å²) in [6.45, 7) is 6.60. The molecule has 0 aromatic carbocycles. The van der Waals surface area contributed by atoms with Crippen LogP contribution in [-0.4, -0.2) is 31.7 Å². The van der Waals surface area contributed by atoms with Gasteiger partial charge >= 0.3 is 0 Å². The lowest BCUT2D eigenvalue weighted by atomic mass is 9.43. The lowest BCUT2D eigenvalue weighted by molar-refractivity contribution is -0.215. The first kappa shape index (κ1) is 15.6. The molecule has 0 aliphatic heterocycles. The van der Waals surface area contributed by atoms with E-state index >= 15 is 0 Å². The second-order valence-electron chi connectivity index (χ2n) is 9.57. The van der Waals surface area contributed by atoms with Crippen LogP contribution < -0.4 is 0 Å². The number of hydrogen-bond donors (Lipinski definition) is 1. The minimum Gasteiger partial charge on any atom is -0.373 e. The number of aromatic nitrogens is 4. The Bertz CT molecular complexity index is 747. The van der Waals surface area contributed by atoms with Crippen molar-refractivity contribution in [1.29, 1.82) is 0 Å². The molecule has 5 heteroatoms. The van der Waals surface area contributed by atoms with Crippen molar-refractivity contribution in [3.05, 3.63) is 24.9 Å². The van der Waals surface area contributed by atoms with Crippen molar-refractivity contribution in [2.24, 2.45) is 16.7 Å². The third kappa shape index (κ3) is 2.64. The first-order valence-corrected chi connectivity index (χ1v) is 9.61. The Kier molecular flexibility index (Phi) is 3.25. The van der Waals surface area contributed by atoms with Gasteiger partial charge in [-0.2, -0.15) is 0 Å². The Labute approximate surface area is 149 Å². The molecule has 2 aromatic heterocycles. The van der Waals surface area contributed by atoms with E-state index < -0.39 is 0 Å². The topological polar surface area (TPSA) is 55.7 Å². The zero-order valence-corrected chi connectivity index (χ0v) is 15.3. The second kappa shape index (κ2) is 5.19. The summed E-state index contributed by atoms with van der Waals surface area (Å²) in [5.41, 5.74) is 2.09. The summed E-state index contributed by atoms with van der Waals surface area (Å²) in [5, 5.41) is 0. The quantitative estimate of drug-likeness (QED) is 0.894. The fraction of sp³-hybridized carbons (Fsp3) is 0.700. The SMILES string of the molecule is C[C@@]12CC3CC(OCCn4ccnc4-c4cnc[nH]4)(C1)C[C@@](C)(C3)C2. The minimum absolute atomic E-state index is 0.123. The second-order valence-corrected chi connectivity index (χ2v) is 9.57. The smallest absolute Gasteiger partial charge is 0.158 e. The van der Waals surface area contributed by atoms with Crippen molar-refractivity contribution >= 4 is 0 Å². The highest BCUT2D eigenvalue weighted by Gasteiger charge is 2.60. The Hall–Kier alpha value is -1.62. The first-order chi connectivity index (χ1) is 12.0. The molecule has 134 valence electrons. The van der Waals surface area contributed by atoms with Crippen LogP contribution in [0.5, 0.6) is 0 Å². The Morgan fingerprint density at radius 3 is 2.68 bits per heavy atom. The van der Waals surface area contributed by atoms with Crippen LogP contribution in [0.25, 0.3) is 11.5 Å². The van der Waals surface area contributed by atoms with Gasteiger partial charge in [-0.15, -0.1) is 0 Å². The third-order valence-electron chi connectivity index (χ3n) is 6.77. The highest BCUT2D eigenvalue weighted by molar-refractivity contribution is 5.47. The highest BCUT2D eigenvalue weighted by atomic mass is 16.5. The van der Waals surface area contributed by atoms with E-state index in [2.05, 4.69) is 33.4 Å². The number of H-pyrrole nitrogens is 1. The average molecular weight is 340 g/mol. The van der Waals surface area contributed by atoms with Crippen LogP contribution in [-0.2, 0) is 11.3 Å². The summed E-state index contributed by atoms with van der Waals surface area (Å²) in [6, 6.07) is 0. The third-order valence-corrected chi connectivity index (χ3v) is 6.77. The molecule has 0 saturated heterocycles. The summed E-state index contributed by atoms with van der Waals surface area (Å²) in [7, 11) is 0. The molecule has 0 unspecified atom stereocenters. The fourth-order valence-corrected chi connectivity index (χ4v) is 6.98. The Morgan fingerprint density at radius 1 is 1.20 bits per heavy atom. The maximum Gasteiger partial charge on any atom is 0.158 e. The van der Waals surface area contributed by atoms with E-state index in [9.17, 15) is 0 Å². The van der Waals surface area contributed by atoms with Crippen molar-refractivity contribution in [2.75, 3.05) is 6.61 Å². The maximum atomic E-state index is 6.64. The molecular formula is C20H28N4O. The van der Waals surface area contributed by atoms with Crippen LogP contribution in [0, 0.1) is 16.7 Å². The molecule has 1 N–H and O–H groups in total. The molecule has 0 spiro atoms. The summed E-state index contributed by atoms with van der Waals surface area (Å²) < 4.78 is 8.81. The molecule has 5 nitrogen and oxygen atoms in total. The predicted octanol–water partition coefficient (Wildman–Crippen LogP) is 4.04.